The van der Waals surface area contributed by atoms with E-state index in [4.69, 9.17) is 11.6 Å². The van der Waals surface area contributed by atoms with E-state index in [1.807, 2.05) is 6.92 Å². The number of nitrogens with zero attached hydrogens (tertiary/aromatic N) is 2. The van der Waals surface area contributed by atoms with Crippen LogP contribution in [0.15, 0.2) is 35.4 Å². The van der Waals surface area contributed by atoms with Gasteiger partial charge in [0, 0.05) is 24.6 Å². The topological polar surface area (TPSA) is 46.9 Å². The first-order valence-corrected chi connectivity index (χ1v) is 5.77. The first-order valence-electron chi connectivity index (χ1n) is 5.39. The van der Waals surface area contributed by atoms with Crippen molar-refractivity contribution < 1.29 is 4.39 Å². The number of aromatic nitrogens is 2. The van der Waals surface area contributed by atoms with Gasteiger partial charge in [0.25, 0.3) is 5.56 Å². The van der Waals surface area contributed by atoms with Gasteiger partial charge in [0.1, 0.15) is 5.82 Å². The quantitative estimate of drug-likeness (QED) is 0.930. The Hall–Kier alpha value is -1.88. The third kappa shape index (κ3) is 2.51. The lowest BCUT2D eigenvalue weighted by atomic mass is 10.3. The van der Waals surface area contributed by atoms with Gasteiger partial charge < -0.3 is 9.88 Å². The van der Waals surface area contributed by atoms with Crippen LogP contribution in [0.4, 0.5) is 15.9 Å². The maximum atomic E-state index is 13.0. The highest BCUT2D eigenvalue weighted by Crippen LogP contribution is 2.20. The summed E-state index contributed by atoms with van der Waals surface area (Å²) >= 11 is 5.66. The molecule has 1 aromatic carbocycles. The average Bonchev–Trinajstić information content (AvgIpc) is 2.36. The Kier molecular flexibility index (Phi) is 3.62. The average molecular weight is 268 g/mol. The first kappa shape index (κ1) is 12.6. The maximum absolute atomic E-state index is 13.0. The fourth-order valence-electron chi connectivity index (χ4n) is 1.49. The van der Waals surface area contributed by atoms with Crippen LogP contribution in [0.3, 0.4) is 0 Å². The predicted molar refractivity (Wildman–Crippen MR) is 68.9 cm³/mol. The maximum Gasteiger partial charge on any atom is 0.293 e. The molecule has 0 fully saturated rings. The molecule has 0 unspecified atom stereocenters. The number of anilines is 2. The number of nitrogens with one attached hydrogen (secondary N) is 1. The third-order valence-corrected chi connectivity index (χ3v) is 2.73. The molecule has 0 bridgehead atoms. The second-order valence-corrected chi connectivity index (χ2v) is 4.03. The molecule has 0 atom stereocenters. The lowest BCUT2D eigenvalue weighted by Crippen LogP contribution is -2.22. The molecule has 1 N–H and O–H groups in total. The van der Waals surface area contributed by atoms with Gasteiger partial charge in [0.05, 0.1) is 5.02 Å². The standard InChI is InChI=1S/C12H11ClFN3O/c1-2-17-6-5-15-11(12(17)18)16-8-3-4-10(14)9(13)7-8/h3-7H,2H2,1H3,(H,15,16). The van der Waals surface area contributed by atoms with E-state index in [2.05, 4.69) is 10.3 Å². The molecule has 18 heavy (non-hydrogen) atoms. The Morgan fingerprint density at radius 3 is 2.94 bits per heavy atom. The summed E-state index contributed by atoms with van der Waals surface area (Å²) in [5.41, 5.74) is 0.278. The van der Waals surface area contributed by atoms with Crippen molar-refractivity contribution in [3.8, 4) is 0 Å². The van der Waals surface area contributed by atoms with E-state index in [1.54, 1.807) is 6.20 Å². The molecule has 0 saturated heterocycles. The fourth-order valence-corrected chi connectivity index (χ4v) is 1.67. The van der Waals surface area contributed by atoms with Gasteiger partial charge in [-0.2, -0.15) is 0 Å². The molecule has 4 nitrogen and oxygen atoms in total. The summed E-state index contributed by atoms with van der Waals surface area (Å²) in [6, 6.07) is 4.12. The van der Waals surface area contributed by atoms with Crippen molar-refractivity contribution in [1.82, 2.24) is 9.55 Å². The molecule has 94 valence electrons. The lowest BCUT2D eigenvalue weighted by Gasteiger charge is -2.07. The molecule has 0 radical (unpaired) electrons. The van der Waals surface area contributed by atoms with Crippen LogP contribution >= 0.6 is 11.6 Å². The van der Waals surface area contributed by atoms with Crippen LogP contribution in [-0.4, -0.2) is 9.55 Å². The van der Waals surface area contributed by atoms with E-state index < -0.39 is 5.82 Å². The minimum absolute atomic E-state index is 0.00764. The van der Waals surface area contributed by atoms with Crippen LogP contribution in [-0.2, 0) is 6.54 Å². The minimum atomic E-state index is -0.505. The van der Waals surface area contributed by atoms with Crippen molar-refractivity contribution in [3.05, 3.63) is 51.8 Å². The second kappa shape index (κ2) is 5.18. The van der Waals surface area contributed by atoms with E-state index >= 15 is 0 Å². The lowest BCUT2D eigenvalue weighted by molar-refractivity contribution is 0.628. The van der Waals surface area contributed by atoms with Crippen molar-refractivity contribution in [2.45, 2.75) is 13.5 Å². The highest BCUT2D eigenvalue weighted by Gasteiger charge is 2.06. The van der Waals surface area contributed by atoms with Crippen LogP contribution in [0.1, 0.15) is 6.92 Å². The SMILES string of the molecule is CCn1ccnc(Nc2ccc(F)c(Cl)c2)c1=O. The Morgan fingerprint density at radius 1 is 1.50 bits per heavy atom. The molecule has 0 aliphatic carbocycles. The van der Waals surface area contributed by atoms with Gasteiger partial charge in [-0.1, -0.05) is 11.6 Å². The molecule has 0 saturated carbocycles. The van der Waals surface area contributed by atoms with Crippen LogP contribution in [0.5, 0.6) is 0 Å². The predicted octanol–water partition coefficient (Wildman–Crippen LogP) is 2.80. The van der Waals surface area contributed by atoms with Crippen LogP contribution < -0.4 is 10.9 Å². The molecule has 6 heteroatoms. The van der Waals surface area contributed by atoms with Crippen molar-refractivity contribution in [2.24, 2.45) is 0 Å². The van der Waals surface area contributed by atoms with Crippen molar-refractivity contribution in [3.63, 3.8) is 0 Å². The van der Waals surface area contributed by atoms with Crippen molar-refractivity contribution in [2.75, 3.05) is 5.32 Å². The number of hydrogen-bond acceptors (Lipinski definition) is 3. The smallest absolute Gasteiger partial charge is 0.293 e. The first-order chi connectivity index (χ1) is 8.61. The highest BCUT2D eigenvalue weighted by atomic mass is 35.5. The van der Waals surface area contributed by atoms with Gasteiger partial charge in [-0.3, -0.25) is 4.79 Å². The molecule has 1 heterocycles. The molecular weight excluding hydrogens is 257 g/mol. The van der Waals surface area contributed by atoms with Gasteiger partial charge >= 0.3 is 0 Å². The van der Waals surface area contributed by atoms with Crippen LogP contribution in [0, 0.1) is 5.82 Å². The van der Waals surface area contributed by atoms with Crippen LogP contribution in [0.25, 0.3) is 0 Å². The number of halogens is 2. The van der Waals surface area contributed by atoms with E-state index in [9.17, 15) is 9.18 Å². The van der Waals surface area contributed by atoms with Gasteiger partial charge in [0.2, 0.25) is 0 Å². The zero-order valence-corrected chi connectivity index (χ0v) is 10.4. The third-order valence-electron chi connectivity index (χ3n) is 2.44. The summed E-state index contributed by atoms with van der Waals surface area (Å²) in [5.74, 6) is -0.323. The van der Waals surface area contributed by atoms with E-state index in [0.717, 1.165) is 0 Å². The minimum Gasteiger partial charge on any atom is -0.336 e. The number of benzene rings is 1. The summed E-state index contributed by atoms with van der Waals surface area (Å²) in [6.45, 7) is 2.42. The summed E-state index contributed by atoms with van der Waals surface area (Å²) in [7, 11) is 0. The summed E-state index contributed by atoms with van der Waals surface area (Å²) in [4.78, 5) is 15.8. The van der Waals surface area contributed by atoms with Gasteiger partial charge in [-0.25, -0.2) is 9.37 Å². The Labute approximate surface area is 108 Å². The monoisotopic (exact) mass is 267 g/mol. The molecule has 1 aromatic heterocycles. The van der Waals surface area contributed by atoms with Gasteiger partial charge in [0.15, 0.2) is 5.82 Å². The molecule has 0 aliphatic heterocycles. The molecule has 2 aromatic rings. The Balaban J connectivity index is 2.34. The van der Waals surface area contributed by atoms with E-state index in [1.165, 1.54) is 29.0 Å². The zero-order chi connectivity index (χ0) is 13.1. The molecular formula is C12H11ClFN3O. The molecule has 0 amide bonds. The van der Waals surface area contributed by atoms with Gasteiger partial charge in [-0.15, -0.1) is 0 Å². The van der Waals surface area contributed by atoms with Gasteiger partial charge in [-0.05, 0) is 25.1 Å². The summed E-state index contributed by atoms with van der Waals surface area (Å²) in [5, 5.41) is 2.81. The highest BCUT2D eigenvalue weighted by molar-refractivity contribution is 6.31. The summed E-state index contributed by atoms with van der Waals surface area (Å²) < 4.78 is 14.5. The number of hydrogen-bond donors (Lipinski definition) is 1. The zero-order valence-electron chi connectivity index (χ0n) is 9.65. The molecule has 2 rings (SSSR count). The van der Waals surface area contributed by atoms with Crippen LogP contribution in [0.2, 0.25) is 5.02 Å². The normalized spacial score (nSPS) is 10.4. The second-order valence-electron chi connectivity index (χ2n) is 3.62. The van der Waals surface area contributed by atoms with Crippen molar-refractivity contribution >= 4 is 23.1 Å². The number of rotatable bonds is 3. The number of aryl methyl sites for hydroxylation is 1. The Morgan fingerprint density at radius 2 is 2.28 bits per heavy atom. The largest absolute Gasteiger partial charge is 0.336 e. The van der Waals surface area contributed by atoms with Crippen molar-refractivity contribution in [1.29, 1.82) is 0 Å². The Bertz CT molecular complexity index is 627. The fraction of sp³-hybridized carbons (Fsp3) is 0.167. The summed E-state index contributed by atoms with van der Waals surface area (Å²) in [6.07, 6.45) is 3.13. The molecule has 0 spiro atoms. The van der Waals surface area contributed by atoms with E-state index in [-0.39, 0.29) is 16.4 Å². The van der Waals surface area contributed by atoms with E-state index in [0.29, 0.717) is 12.2 Å². The molecule has 0 aliphatic rings.